The lowest BCUT2D eigenvalue weighted by atomic mass is 10.0. The second kappa shape index (κ2) is 10.6. The number of carbonyl (C=O) groups excluding carboxylic acids is 1. The first kappa shape index (κ1) is 27.1. The van der Waals surface area contributed by atoms with Gasteiger partial charge < -0.3 is 4.90 Å². The van der Waals surface area contributed by atoms with E-state index in [2.05, 4.69) is 10.1 Å². The first-order valence-electron chi connectivity index (χ1n) is 12.5. The van der Waals surface area contributed by atoms with Gasteiger partial charge in [-0.15, -0.1) is 0 Å². The van der Waals surface area contributed by atoms with Crippen molar-refractivity contribution in [1.82, 2.24) is 24.4 Å². The van der Waals surface area contributed by atoms with Gasteiger partial charge in [0.15, 0.2) is 17.0 Å². The number of benzene rings is 2. The van der Waals surface area contributed by atoms with E-state index in [0.29, 0.717) is 53.4 Å². The second-order valence-corrected chi connectivity index (χ2v) is 10.3. The van der Waals surface area contributed by atoms with Crippen LogP contribution in [0.3, 0.4) is 0 Å². The molecule has 1 aliphatic rings. The van der Waals surface area contributed by atoms with Crippen molar-refractivity contribution >= 4 is 23.2 Å². The van der Waals surface area contributed by atoms with Crippen molar-refractivity contribution in [2.45, 2.75) is 32.5 Å². The summed E-state index contributed by atoms with van der Waals surface area (Å²) < 4.78 is 56.8. The number of carbonyl (C=O) groups is 1. The number of piperazine rings is 1. The van der Waals surface area contributed by atoms with E-state index in [9.17, 15) is 22.4 Å². The smallest absolute Gasteiger partial charge is 0.335 e. The van der Waals surface area contributed by atoms with Gasteiger partial charge in [-0.3, -0.25) is 9.69 Å². The molecule has 39 heavy (non-hydrogen) atoms. The number of rotatable bonds is 5. The summed E-state index contributed by atoms with van der Waals surface area (Å²) in [6, 6.07) is 14.0. The molecule has 1 aliphatic heterocycles. The van der Waals surface area contributed by atoms with E-state index in [-0.39, 0.29) is 23.0 Å². The topological polar surface area (TPSA) is 53.7 Å². The van der Waals surface area contributed by atoms with E-state index in [1.54, 1.807) is 18.2 Å². The number of fused-ring (bicyclic) bond motifs is 1. The SMILES string of the molecule is CC(C)c1ccc(-c2cc(C(F)(F)F)n3nc(C(=O)N4CCN(Cc5c(F)cccc5Cl)CC4)cc3n2)cc1. The lowest BCUT2D eigenvalue weighted by molar-refractivity contribution is -0.142. The molecule has 0 saturated carbocycles. The molecule has 0 radical (unpaired) electrons. The Kier molecular flexibility index (Phi) is 7.35. The minimum atomic E-state index is -4.71. The minimum Gasteiger partial charge on any atom is -0.335 e. The molecule has 204 valence electrons. The van der Waals surface area contributed by atoms with E-state index in [1.807, 2.05) is 30.9 Å². The van der Waals surface area contributed by atoms with E-state index < -0.39 is 23.6 Å². The van der Waals surface area contributed by atoms with Gasteiger partial charge in [0.1, 0.15) is 5.82 Å². The van der Waals surface area contributed by atoms with Crippen LogP contribution in [0.2, 0.25) is 5.02 Å². The average Bonchev–Trinajstić information content (AvgIpc) is 3.34. The molecule has 0 N–H and O–H groups in total. The van der Waals surface area contributed by atoms with Crippen molar-refractivity contribution in [3.05, 3.63) is 88.0 Å². The summed E-state index contributed by atoms with van der Waals surface area (Å²) in [6.07, 6.45) is -4.71. The maximum atomic E-state index is 14.2. The van der Waals surface area contributed by atoms with Crippen LogP contribution < -0.4 is 0 Å². The standard InChI is InChI=1S/C28H26ClF4N5O/c1-17(2)18-6-8-19(9-7-18)23-14-25(28(31,32)33)38-26(34-23)15-24(35-38)27(39)37-12-10-36(11-13-37)16-20-21(29)4-3-5-22(20)30/h3-9,14-15,17H,10-13,16H2,1-2H3. The lowest BCUT2D eigenvalue weighted by Gasteiger charge is -2.34. The van der Waals surface area contributed by atoms with Crippen LogP contribution >= 0.6 is 11.6 Å². The minimum absolute atomic E-state index is 0.0658. The third-order valence-corrected chi connectivity index (χ3v) is 7.27. The molecule has 0 bridgehead atoms. The molecule has 0 spiro atoms. The lowest BCUT2D eigenvalue weighted by Crippen LogP contribution is -2.48. The number of hydrogen-bond donors (Lipinski definition) is 0. The Hall–Kier alpha value is -3.50. The zero-order valence-corrected chi connectivity index (χ0v) is 22.1. The molecular weight excluding hydrogens is 534 g/mol. The Morgan fingerprint density at radius 2 is 1.72 bits per heavy atom. The molecule has 6 nitrogen and oxygen atoms in total. The number of alkyl halides is 3. The monoisotopic (exact) mass is 559 g/mol. The average molecular weight is 560 g/mol. The molecular formula is C28H26ClF4N5O. The van der Waals surface area contributed by atoms with Crippen LogP contribution in [0.5, 0.6) is 0 Å². The van der Waals surface area contributed by atoms with Crippen LogP contribution in [-0.4, -0.2) is 56.5 Å². The fourth-order valence-corrected chi connectivity index (χ4v) is 4.87. The Morgan fingerprint density at radius 3 is 2.33 bits per heavy atom. The van der Waals surface area contributed by atoms with Crippen molar-refractivity contribution in [3.63, 3.8) is 0 Å². The number of amides is 1. The molecule has 0 aliphatic carbocycles. The van der Waals surface area contributed by atoms with Crippen molar-refractivity contribution in [2.24, 2.45) is 0 Å². The Labute approximate surface area is 227 Å². The summed E-state index contributed by atoms with van der Waals surface area (Å²) >= 11 is 6.13. The Morgan fingerprint density at radius 1 is 1.03 bits per heavy atom. The molecule has 1 saturated heterocycles. The van der Waals surface area contributed by atoms with Gasteiger partial charge in [-0.1, -0.05) is 55.8 Å². The number of nitrogens with zero attached hydrogens (tertiary/aromatic N) is 5. The van der Waals surface area contributed by atoms with E-state index in [0.717, 1.165) is 11.6 Å². The Balaban J connectivity index is 1.37. The van der Waals surface area contributed by atoms with Gasteiger partial charge >= 0.3 is 6.18 Å². The number of hydrogen-bond acceptors (Lipinski definition) is 4. The van der Waals surface area contributed by atoms with Crippen LogP contribution in [0, 0.1) is 5.82 Å². The highest BCUT2D eigenvalue weighted by Crippen LogP contribution is 2.33. The molecule has 1 fully saturated rings. The molecule has 4 aromatic rings. The van der Waals surface area contributed by atoms with Gasteiger partial charge in [-0.05, 0) is 29.7 Å². The van der Waals surface area contributed by atoms with Gasteiger partial charge in [0.2, 0.25) is 0 Å². The highest BCUT2D eigenvalue weighted by molar-refractivity contribution is 6.31. The van der Waals surface area contributed by atoms with Gasteiger partial charge in [-0.25, -0.2) is 13.9 Å². The summed E-state index contributed by atoms with van der Waals surface area (Å²) in [5.41, 5.74) is 0.929. The molecule has 0 atom stereocenters. The first-order valence-corrected chi connectivity index (χ1v) is 12.9. The molecule has 11 heteroatoms. The zero-order chi connectivity index (χ0) is 27.9. The van der Waals surface area contributed by atoms with Crippen molar-refractivity contribution < 1.29 is 22.4 Å². The van der Waals surface area contributed by atoms with E-state index in [1.165, 1.54) is 23.1 Å². The van der Waals surface area contributed by atoms with E-state index in [4.69, 9.17) is 11.6 Å². The summed E-state index contributed by atoms with van der Waals surface area (Å²) in [7, 11) is 0. The molecule has 1 amide bonds. The van der Waals surface area contributed by atoms with Crippen LogP contribution in [0.1, 0.15) is 47.1 Å². The van der Waals surface area contributed by atoms with E-state index >= 15 is 0 Å². The van der Waals surface area contributed by atoms with Gasteiger partial charge in [-0.2, -0.15) is 18.3 Å². The Bertz CT molecular complexity index is 1490. The fraction of sp³-hybridized carbons (Fsp3) is 0.321. The van der Waals surface area contributed by atoms with Gasteiger partial charge in [0.25, 0.3) is 5.91 Å². The normalized spacial score (nSPS) is 14.9. The molecule has 2 aromatic heterocycles. The van der Waals surface area contributed by atoms with Gasteiger partial charge in [0, 0.05) is 54.9 Å². The highest BCUT2D eigenvalue weighted by atomic mass is 35.5. The summed E-state index contributed by atoms with van der Waals surface area (Å²) in [4.78, 5) is 21.1. The maximum absolute atomic E-state index is 14.2. The number of halogens is 5. The van der Waals surface area contributed by atoms with Crippen LogP contribution in [0.15, 0.2) is 54.6 Å². The van der Waals surface area contributed by atoms with Crippen molar-refractivity contribution in [1.29, 1.82) is 0 Å². The molecule has 5 rings (SSSR count). The van der Waals surface area contributed by atoms with Gasteiger partial charge in [0.05, 0.1) is 5.69 Å². The third-order valence-electron chi connectivity index (χ3n) is 6.91. The first-order chi connectivity index (χ1) is 18.5. The molecule has 2 aromatic carbocycles. The van der Waals surface area contributed by atoms with Crippen LogP contribution in [0.25, 0.3) is 16.9 Å². The largest absolute Gasteiger partial charge is 0.433 e. The van der Waals surface area contributed by atoms with Crippen LogP contribution in [0.4, 0.5) is 17.6 Å². The zero-order valence-electron chi connectivity index (χ0n) is 21.3. The van der Waals surface area contributed by atoms with Crippen molar-refractivity contribution in [2.75, 3.05) is 26.2 Å². The van der Waals surface area contributed by atoms with Crippen LogP contribution in [-0.2, 0) is 12.7 Å². The predicted molar refractivity (Wildman–Crippen MR) is 140 cm³/mol. The summed E-state index contributed by atoms with van der Waals surface area (Å²) in [6.45, 7) is 5.88. The maximum Gasteiger partial charge on any atom is 0.433 e. The third kappa shape index (κ3) is 5.62. The second-order valence-electron chi connectivity index (χ2n) is 9.87. The molecule has 0 unspecified atom stereocenters. The summed E-state index contributed by atoms with van der Waals surface area (Å²) in [5, 5.41) is 4.33. The predicted octanol–water partition coefficient (Wildman–Crippen LogP) is 6.29. The number of aromatic nitrogens is 3. The summed E-state index contributed by atoms with van der Waals surface area (Å²) in [5.74, 6) is -0.600. The quantitative estimate of drug-likeness (QED) is 0.270. The highest BCUT2D eigenvalue weighted by Gasteiger charge is 2.36. The van der Waals surface area contributed by atoms with Crippen molar-refractivity contribution in [3.8, 4) is 11.3 Å². The molecule has 3 heterocycles. The fourth-order valence-electron chi connectivity index (χ4n) is 4.65.